The Morgan fingerprint density at radius 3 is 2.65 bits per heavy atom. The smallest absolute Gasteiger partial charge is 0.120 e. The van der Waals surface area contributed by atoms with Crippen molar-refractivity contribution in [3.05, 3.63) is 29.8 Å². The molecule has 3 unspecified atom stereocenters. The molecule has 3 atom stereocenters. The molecule has 0 saturated heterocycles. The second kappa shape index (κ2) is 5.87. The van der Waals surface area contributed by atoms with E-state index in [-0.39, 0.29) is 17.4 Å². The molecule has 1 saturated carbocycles. The van der Waals surface area contributed by atoms with Gasteiger partial charge in [-0.15, -0.1) is 0 Å². The van der Waals surface area contributed by atoms with Crippen LogP contribution in [0.1, 0.15) is 52.5 Å². The molecule has 0 heterocycles. The first kappa shape index (κ1) is 14.9. The monoisotopic (exact) mass is 271 g/mol. The Hall–Kier alpha value is -1.49. The highest BCUT2D eigenvalue weighted by molar-refractivity contribution is 5.32. The molecule has 0 bridgehead atoms. The zero-order valence-corrected chi connectivity index (χ0v) is 13.0. The van der Waals surface area contributed by atoms with Gasteiger partial charge in [-0.25, -0.2) is 0 Å². The zero-order valence-electron chi connectivity index (χ0n) is 13.0. The topological polar surface area (TPSA) is 33.0 Å². The lowest BCUT2D eigenvalue weighted by atomic mass is 9.81. The predicted molar refractivity (Wildman–Crippen MR) is 81.7 cm³/mol. The summed E-state index contributed by atoms with van der Waals surface area (Å²) in [6.07, 6.45) is 3.12. The van der Waals surface area contributed by atoms with Gasteiger partial charge in [0.25, 0.3) is 0 Å². The number of ether oxygens (including phenoxy) is 1. The third kappa shape index (κ3) is 3.54. The zero-order chi connectivity index (χ0) is 14.8. The van der Waals surface area contributed by atoms with Gasteiger partial charge >= 0.3 is 0 Å². The Kier molecular flexibility index (Phi) is 4.38. The van der Waals surface area contributed by atoms with Crippen LogP contribution in [0, 0.1) is 23.2 Å². The van der Waals surface area contributed by atoms with E-state index in [0.717, 1.165) is 25.0 Å². The summed E-state index contributed by atoms with van der Waals surface area (Å²) >= 11 is 0. The van der Waals surface area contributed by atoms with Crippen molar-refractivity contribution >= 4 is 0 Å². The molecule has 0 amide bonds. The van der Waals surface area contributed by atoms with Crippen molar-refractivity contribution in [2.75, 3.05) is 0 Å². The number of nitrogens with zero attached hydrogens (tertiary/aromatic N) is 1. The molecule has 1 fully saturated rings. The highest BCUT2D eigenvalue weighted by Gasteiger charge is 2.30. The minimum absolute atomic E-state index is 0.0319. The Balaban J connectivity index is 2.14. The molecule has 0 radical (unpaired) electrons. The van der Waals surface area contributed by atoms with Gasteiger partial charge in [0.1, 0.15) is 11.9 Å². The van der Waals surface area contributed by atoms with Crippen molar-refractivity contribution < 1.29 is 4.74 Å². The summed E-state index contributed by atoms with van der Waals surface area (Å²) < 4.78 is 6.14. The molecule has 20 heavy (non-hydrogen) atoms. The van der Waals surface area contributed by atoms with Gasteiger partial charge in [-0.1, -0.05) is 39.8 Å². The van der Waals surface area contributed by atoms with Crippen LogP contribution < -0.4 is 4.74 Å². The molecule has 0 aromatic heterocycles. The highest BCUT2D eigenvalue weighted by Crippen LogP contribution is 2.33. The largest absolute Gasteiger partial charge is 0.489 e. The maximum atomic E-state index is 9.28. The van der Waals surface area contributed by atoms with E-state index in [4.69, 9.17) is 4.74 Å². The van der Waals surface area contributed by atoms with Gasteiger partial charge in [0.15, 0.2) is 0 Å². The molecule has 0 N–H and O–H groups in total. The van der Waals surface area contributed by atoms with Crippen LogP contribution in [0.2, 0.25) is 0 Å². The van der Waals surface area contributed by atoms with Gasteiger partial charge < -0.3 is 4.74 Å². The van der Waals surface area contributed by atoms with Gasteiger partial charge in [0.05, 0.1) is 12.0 Å². The highest BCUT2D eigenvalue weighted by atomic mass is 16.5. The number of nitriles is 1. The van der Waals surface area contributed by atoms with Crippen LogP contribution >= 0.6 is 0 Å². The van der Waals surface area contributed by atoms with Gasteiger partial charge in [-0.2, -0.15) is 5.26 Å². The summed E-state index contributed by atoms with van der Waals surface area (Å²) in [7, 11) is 0. The fourth-order valence-electron chi connectivity index (χ4n) is 2.82. The van der Waals surface area contributed by atoms with Crippen molar-refractivity contribution in [2.24, 2.45) is 11.8 Å². The van der Waals surface area contributed by atoms with E-state index in [2.05, 4.69) is 45.9 Å². The second-order valence-corrected chi connectivity index (χ2v) is 7.09. The van der Waals surface area contributed by atoms with Crippen LogP contribution in [0.25, 0.3) is 0 Å². The SMILES string of the molecule is CC1CCC(C#N)C(Oc2cccc(C(C)(C)C)c2)C1. The van der Waals surface area contributed by atoms with E-state index in [1.807, 2.05) is 12.1 Å². The van der Waals surface area contributed by atoms with Crippen LogP contribution in [0.3, 0.4) is 0 Å². The quantitative estimate of drug-likeness (QED) is 0.781. The van der Waals surface area contributed by atoms with Gasteiger partial charge in [-0.05, 0) is 48.3 Å². The molecular weight excluding hydrogens is 246 g/mol. The summed E-state index contributed by atoms with van der Waals surface area (Å²) in [5.74, 6) is 1.58. The third-order valence-corrected chi connectivity index (χ3v) is 4.21. The minimum atomic E-state index is 0.0319. The van der Waals surface area contributed by atoms with Crippen molar-refractivity contribution in [1.82, 2.24) is 0 Å². The first-order valence-corrected chi connectivity index (χ1v) is 7.57. The fourth-order valence-corrected chi connectivity index (χ4v) is 2.82. The molecule has 2 nitrogen and oxygen atoms in total. The number of hydrogen-bond donors (Lipinski definition) is 0. The van der Waals surface area contributed by atoms with E-state index in [9.17, 15) is 5.26 Å². The third-order valence-electron chi connectivity index (χ3n) is 4.21. The summed E-state index contributed by atoms with van der Waals surface area (Å²) in [5.41, 5.74) is 1.39. The first-order chi connectivity index (χ1) is 9.40. The Morgan fingerprint density at radius 1 is 1.25 bits per heavy atom. The second-order valence-electron chi connectivity index (χ2n) is 7.09. The van der Waals surface area contributed by atoms with Crippen molar-refractivity contribution in [1.29, 1.82) is 5.26 Å². The standard InChI is InChI=1S/C18H25NO/c1-13-8-9-14(12-19)17(10-13)20-16-7-5-6-15(11-16)18(2,3)4/h5-7,11,13-14,17H,8-10H2,1-4H3. The van der Waals surface area contributed by atoms with E-state index in [0.29, 0.717) is 5.92 Å². The van der Waals surface area contributed by atoms with Crippen molar-refractivity contribution in [3.63, 3.8) is 0 Å². The number of benzene rings is 1. The lowest BCUT2D eigenvalue weighted by Crippen LogP contribution is -2.32. The molecule has 2 rings (SSSR count). The molecule has 1 aromatic carbocycles. The molecular formula is C18H25NO. The Labute approximate surface area is 122 Å². The molecule has 2 heteroatoms. The summed E-state index contributed by atoms with van der Waals surface area (Å²) in [4.78, 5) is 0. The molecule has 1 aliphatic rings. The summed E-state index contributed by atoms with van der Waals surface area (Å²) in [5, 5.41) is 9.28. The van der Waals surface area contributed by atoms with Gasteiger partial charge in [0, 0.05) is 0 Å². The Bertz CT molecular complexity index is 495. The molecule has 0 aliphatic heterocycles. The Morgan fingerprint density at radius 2 is 2.00 bits per heavy atom. The van der Waals surface area contributed by atoms with Crippen molar-refractivity contribution in [3.8, 4) is 11.8 Å². The number of rotatable bonds is 2. The lowest BCUT2D eigenvalue weighted by Gasteiger charge is -2.31. The molecule has 1 aliphatic carbocycles. The van der Waals surface area contributed by atoms with E-state index in [1.54, 1.807) is 0 Å². The van der Waals surface area contributed by atoms with Crippen LogP contribution in [0.5, 0.6) is 5.75 Å². The summed E-state index contributed by atoms with van der Waals surface area (Å²) in [6, 6.07) is 10.7. The van der Waals surface area contributed by atoms with E-state index in [1.165, 1.54) is 5.56 Å². The molecule has 1 aromatic rings. The first-order valence-electron chi connectivity index (χ1n) is 7.57. The average Bonchev–Trinajstić information content (AvgIpc) is 2.38. The van der Waals surface area contributed by atoms with Crippen LogP contribution in [-0.2, 0) is 5.41 Å². The lowest BCUT2D eigenvalue weighted by molar-refractivity contribution is 0.0954. The van der Waals surface area contributed by atoms with Crippen LogP contribution in [0.4, 0.5) is 0 Å². The van der Waals surface area contributed by atoms with Crippen LogP contribution in [-0.4, -0.2) is 6.10 Å². The van der Waals surface area contributed by atoms with Gasteiger partial charge in [-0.3, -0.25) is 0 Å². The van der Waals surface area contributed by atoms with Gasteiger partial charge in [0.2, 0.25) is 0 Å². The van der Waals surface area contributed by atoms with E-state index >= 15 is 0 Å². The van der Waals surface area contributed by atoms with Crippen LogP contribution in [0.15, 0.2) is 24.3 Å². The summed E-state index contributed by atoms with van der Waals surface area (Å²) in [6.45, 7) is 8.85. The normalized spacial score (nSPS) is 26.9. The van der Waals surface area contributed by atoms with Crippen molar-refractivity contribution in [2.45, 2.75) is 58.5 Å². The van der Waals surface area contributed by atoms with E-state index < -0.39 is 0 Å². The maximum Gasteiger partial charge on any atom is 0.120 e. The maximum absolute atomic E-state index is 9.28. The fraction of sp³-hybridized carbons (Fsp3) is 0.611. The molecule has 108 valence electrons. The molecule has 0 spiro atoms. The predicted octanol–water partition coefficient (Wildman–Crippen LogP) is 4.69. The average molecular weight is 271 g/mol. The minimum Gasteiger partial charge on any atom is -0.489 e. The number of hydrogen-bond acceptors (Lipinski definition) is 2.